The van der Waals surface area contributed by atoms with Crippen LogP contribution < -0.4 is 4.90 Å². The molecule has 11 nitrogen and oxygen atoms in total. The van der Waals surface area contributed by atoms with E-state index in [1.807, 2.05) is 19.1 Å². The molecule has 0 saturated carbocycles. The van der Waals surface area contributed by atoms with Crippen molar-refractivity contribution >= 4 is 23.4 Å². The average molecular weight is 482 g/mol. The van der Waals surface area contributed by atoms with Crippen LogP contribution in [0.1, 0.15) is 43.1 Å². The molecule has 1 fully saturated rings. The average Bonchev–Trinajstić information content (AvgIpc) is 3.62. The largest absolute Gasteiger partial charge is 0.467 e. The summed E-state index contributed by atoms with van der Waals surface area (Å²) in [5.74, 6) is 2.41. The fourth-order valence-corrected chi connectivity index (χ4v) is 4.72. The molecule has 5 rings (SSSR count). The van der Waals surface area contributed by atoms with Crippen LogP contribution in [0.4, 0.5) is 11.6 Å². The number of nitrogens with zero attached hydrogens (tertiary/aromatic N) is 7. The molecule has 1 atom stereocenters. The first kappa shape index (κ1) is 22.1. The zero-order valence-electron chi connectivity index (χ0n) is 18.5. The minimum atomic E-state index is -0.446. The van der Waals surface area contributed by atoms with Gasteiger partial charge in [0.25, 0.3) is 5.69 Å². The summed E-state index contributed by atoms with van der Waals surface area (Å²) in [6.45, 7) is 4.40. The fourth-order valence-electron chi connectivity index (χ4n) is 3.84. The number of rotatable bonds is 8. The number of benzene rings is 1. The smallest absolute Gasteiger partial charge is 0.269 e. The van der Waals surface area contributed by atoms with Gasteiger partial charge in [0.15, 0.2) is 5.16 Å². The Morgan fingerprint density at radius 3 is 2.59 bits per heavy atom. The number of furan rings is 1. The summed E-state index contributed by atoms with van der Waals surface area (Å²) in [5.41, 5.74) is 0.628. The molecule has 3 aromatic heterocycles. The zero-order valence-corrected chi connectivity index (χ0v) is 19.3. The second-order valence-corrected chi connectivity index (χ2v) is 9.31. The van der Waals surface area contributed by atoms with Gasteiger partial charge in [0.05, 0.1) is 23.0 Å². The van der Waals surface area contributed by atoms with Crippen molar-refractivity contribution in [2.75, 3.05) is 18.0 Å². The van der Waals surface area contributed by atoms with E-state index in [2.05, 4.69) is 29.9 Å². The van der Waals surface area contributed by atoms with Crippen LogP contribution in [0.15, 0.2) is 56.7 Å². The predicted molar refractivity (Wildman–Crippen MR) is 125 cm³/mol. The highest BCUT2D eigenvalue weighted by atomic mass is 32.2. The van der Waals surface area contributed by atoms with Crippen molar-refractivity contribution in [3.05, 3.63) is 64.4 Å². The van der Waals surface area contributed by atoms with E-state index in [1.165, 1.54) is 30.3 Å². The molecule has 0 amide bonds. The lowest BCUT2D eigenvalue weighted by Gasteiger charge is -2.27. The summed E-state index contributed by atoms with van der Waals surface area (Å²) in [6.07, 6.45) is 5.17. The van der Waals surface area contributed by atoms with Gasteiger partial charge in [-0.25, -0.2) is 0 Å². The lowest BCUT2D eigenvalue weighted by Crippen LogP contribution is -2.32. The van der Waals surface area contributed by atoms with Gasteiger partial charge in [-0.15, -0.1) is 20.4 Å². The van der Waals surface area contributed by atoms with E-state index in [4.69, 9.17) is 8.83 Å². The number of nitro benzene ring substituents is 1. The van der Waals surface area contributed by atoms with Gasteiger partial charge in [0.2, 0.25) is 17.7 Å². The van der Waals surface area contributed by atoms with Crippen molar-refractivity contribution in [3.8, 4) is 11.5 Å². The Morgan fingerprint density at radius 2 is 1.88 bits per heavy atom. The van der Waals surface area contributed by atoms with Crippen molar-refractivity contribution < 1.29 is 13.8 Å². The Balaban J connectivity index is 1.36. The quantitative estimate of drug-likeness (QED) is 0.198. The lowest BCUT2D eigenvalue weighted by atomic mass is 10.1. The summed E-state index contributed by atoms with van der Waals surface area (Å²) in [6, 6.07) is 9.82. The number of hydrogen-bond acceptors (Lipinski definition) is 10. The summed E-state index contributed by atoms with van der Waals surface area (Å²) in [7, 11) is 0. The molecule has 0 radical (unpaired) electrons. The maximum absolute atomic E-state index is 10.9. The number of thioether (sulfide) groups is 1. The normalized spacial score (nSPS) is 14.9. The molecule has 1 saturated heterocycles. The Kier molecular flexibility index (Phi) is 6.30. The highest BCUT2D eigenvalue weighted by Crippen LogP contribution is 2.36. The maximum atomic E-state index is 10.9. The van der Waals surface area contributed by atoms with Gasteiger partial charge in [-0.05, 0) is 50.5 Å². The molecule has 0 spiro atoms. The summed E-state index contributed by atoms with van der Waals surface area (Å²) in [4.78, 5) is 12.7. The Labute approximate surface area is 199 Å². The third-order valence-corrected chi connectivity index (χ3v) is 6.69. The van der Waals surface area contributed by atoms with Crippen molar-refractivity contribution in [2.45, 2.75) is 43.1 Å². The topological polar surface area (TPSA) is 129 Å². The van der Waals surface area contributed by atoms with Crippen molar-refractivity contribution in [3.63, 3.8) is 0 Å². The van der Waals surface area contributed by atoms with Crippen LogP contribution in [0, 0.1) is 10.1 Å². The van der Waals surface area contributed by atoms with E-state index < -0.39 is 4.92 Å². The number of non-ortho nitro benzene ring substituents is 1. The van der Waals surface area contributed by atoms with E-state index in [0.29, 0.717) is 23.9 Å². The predicted octanol–water partition coefficient (Wildman–Crippen LogP) is 4.72. The van der Waals surface area contributed by atoms with Crippen LogP contribution in [0.25, 0.3) is 11.5 Å². The zero-order chi connectivity index (χ0) is 23.5. The Bertz CT molecular complexity index is 1250. The standard InChI is InChI=1S/C22H23N7O4S/c1-15(19-23-24-20(33-19)16-7-9-17(10-8-16)29(30)31)34-22-26-25-21(27-11-3-2-4-12-27)28(22)14-18-6-5-13-32-18/h5-10,13,15H,2-4,11-12,14H2,1H3. The van der Waals surface area contributed by atoms with Crippen molar-refractivity contribution in [2.24, 2.45) is 0 Å². The number of anilines is 1. The molecule has 4 heterocycles. The summed E-state index contributed by atoms with van der Waals surface area (Å²) >= 11 is 1.48. The van der Waals surface area contributed by atoms with E-state index in [0.717, 1.165) is 42.8 Å². The molecular weight excluding hydrogens is 458 g/mol. The third-order valence-electron chi connectivity index (χ3n) is 5.63. The molecule has 1 aliphatic heterocycles. The molecule has 1 unspecified atom stereocenters. The monoisotopic (exact) mass is 481 g/mol. The van der Waals surface area contributed by atoms with Gasteiger partial charge in [-0.3, -0.25) is 14.7 Å². The van der Waals surface area contributed by atoms with Gasteiger partial charge in [0, 0.05) is 30.8 Å². The SMILES string of the molecule is CC(Sc1nnc(N2CCCCC2)n1Cc1ccco1)c1nnc(-c2ccc([N+](=O)[O-])cc2)o1. The van der Waals surface area contributed by atoms with Gasteiger partial charge in [0.1, 0.15) is 5.76 Å². The van der Waals surface area contributed by atoms with Gasteiger partial charge < -0.3 is 13.7 Å². The third kappa shape index (κ3) is 4.67. The first-order valence-corrected chi connectivity index (χ1v) is 11.9. The molecule has 0 bridgehead atoms. The first-order chi connectivity index (χ1) is 16.6. The van der Waals surface area contributed by atoms with Crippen LogP contribution in [-0.4, -0.2) is 43.0 Å². The van der Waals surface area contributed by atoms with E-state index in [9.17, 15) is 10.1 Å². The highest BCUT2D eigenvalue weighted by Gasteiger charge is 2.25. The minimum Gasteiger partial charge on any atom is -0.467 e. The minimum absolute atomic E-state index is 0.00724. The summed E-state index contributed by atoms with van der Waals surface area (Å²) < 4.78 is 13.5. The first-order valence-electron chi connectivity index (χ1n) is 11.0. The lowest BCUT2D eigenvalue weighted by molar-refractivity contribution is -0.384. The van der Waals surface area contributed by atoms with Crippen LogP contribution in [-0.2, 0) is 6.54 Å². The molecule has 0 N–H and O–H groups in total. The molecule has 176 valence electrons. The van der Waals surface area contributed by atoms with Crippen molar-refractivity contribution in [1.82, 2.24) is 25.0 Å². The van der Waals surface area contributed by atoms with Crippen LogP contribution in [0.5, 0.6) is 0 Å². The van der Waals surface area contributed by atoms with Crippen LogP contribution in [0.3, 0.4) is 0 Å². The molecule has 34 heavy (non-hydrogen) atoms. The molecule has 0 aliphatic carbocycles. The molecule has 4 aromatic rings. The second kappa shape index (κ2) is 9.67. The number of aromatic nitrogens is 5. The molecule has 1 aromatic carbocycles. The molecule has 12 heteroatoms. The number of hydrogen-bond donors (Lipinski definition) is 0. The Morgan fingerprint density at radius 1 is 1.09 bits per heavy atom. The van der Waals surface area contributed by atoms with E-state index in [-0.39, 0.29) is 10.9 Å². The van der Waals surface area contributed by atoms with Crippen LogP contribution in [0.2, 0.25) is 0 Å². The molecule has 1 aliphatic rings. The maximum Gasteiger partial charge on any atom is 0.269 e. The van der Waals surface area contributed by atoms with Gasteiger partial charge in [-0.1, -0.05) is 11.8 Å². The Hall–Kier alpha value is -3.67. The van der Waals surface area contributed by atoms with Gasteiger partial charge in [-0.2, -0.15) is 0 Å². The van der Waals surface area contributed by atoms with Crippen molar-refractivity contribution in [1.29, 1.82) is 0 Å². The van der Waals surface area contributed by atoms with E-state index >= 15 is 0 Å². The highest BCUT2D eigenvalue weighted by molar-refractivity contribution is 7.99. The summed E-state index contributed by atoms with van der Waals surface area (Å²) in [5, 5.41) is 28.7. The number of nitro groups is 1. The van der Waals surface area contributed by atoms with Gasteiger partial charge >= 0.3 is 0 Å². The van der Waals surface area contributed by atoms with E-state index in [1.54, 1.807) is 18.4 Å². The fraction of sp³-hybridized carbons (Fsp3) is 0.364. The molecular formula is C22H23N7O4S. The number of piperidine rings is 1. The second-order valence-electron chi connectivity index (χ2n) is 8.01. The van der Waals surface area contributed by atoms with Crippen LogP contribution >= 0.6 is 11.8 Å².